The van der Waals surface area contributed by atoms with Crippen molar-refractivity contribution in [1.29, 1.82) is 5.26 Å². The van der Waals surface area contributed by atoms with Gasteiger partial charge in [-0.3, -0.25) is 0 Å². The molecule has 0 radical (unpaired) electrons. The summed E-state index contributed by atoms with van der Waals surface area (Å²) < 4.78 is 5.05. The number of aromatic hydroxyl groups is 1. The Balaban J connectivity index is 2.94. The van der Waals surface area contributed by atoms with Crippen LogP contribution in [0, 0.1) is 11.3 Å². The van der Waals surface area contributed by atoms with Gasteiger partial charge in [0.05, 0.1) is 12.7 Å². The zero-order valence-electron chi connectivity index (χ0n) is 8.06. The third-order valence-electron chi connectivity index (χ3n) is 2.17. The molecule has 0 spiro atoms. The lowest BCUT2D eigenvalue weighted by Gasteiger charge is -2.06. The number of hydrogen-bond donors (Lipinski definition) is 1. The smallest absolute Gasteiger partial charge is 0.221 e. The average Bonchev–Trinajstić information content (AvgIpc) is 2.28. The Morgan fingerprint density at radius 2 is 2.27 bits per heavy atom. The minimum atomic E-state index is 0.0600. The van der Waals surface area contributed by atoms with Crippen molar-refractivity contribution >= 4 is 10.8 Å². The highest BCUT2D eigenvalue weighted by atomic mass is 16.5. The Morgan fingerprint density at radius 1 is 1.47 bits per heavy atom. The number of hydrogen-bond acceptors (Lipinski definition) is 4. The molecule has 0 fully saturated rings. The molecule has 0 aliphatic rings. The molecule has 1 aromatic carbocycles. The Labute approximate surface area is 86.4 Å². The second-order valence-corrected chi connectivity index (χ2v) is 2.99. The van der Waals surface area contributed by atoms with Crippen molar-refractivity contribution in [3.8, 4) is 17.7 Å². The lowest BCUT2D eigenvalue weighted by atomic mass is 10.1. The molecule has 74 valence electrons. The molecule has 4 heteroatoms. The number of nitriles is 1. The van der Waals surface area contributed by atoms with Crippen molar-refractivity contribution in [2.24, 2.45) is 0 Å². The van der Waals surface area contributed by atoms with E-state index >= 15 is 0 Å². The molecule has 15 heavy (non-hydrogen) atoms. The number of phenols is 1. The van der Waals surface area contributed by atoms with Crippen LogP contribution in [0.25, 0.3) is 10.8 Å². The molecule has 0 aliphatic heterocycles. The number of methoxy groups -OCH3 is 1. The van der Waals surface area contributed by atoms with Crippen LogP contribution < -0.4 is 4.74 Å². The number of aromatic nitrogens is 1. The maximum atomic E-state index is 9.67. The van der Waals surface area contributed by atoms with Crippen molar-refractivity contribution in [3.05, 3.63) is 30.0 Å². The van der Waals surface area contributed by atoms with Gasteiger partial charge in [-0.05, 0) is 12.1 Å². The van der Waals surface area contributed by atoms with Crippen LogP contribution >= 0.6 is 0 Å². The molecule has 0 amide bonds. The molecule has 0 bridgehead atoms. The molecule has 1 N–H and O–H groups in total. The maximum Gasteiger partial charge on any atom is 0.221 e. The second-order valence-electron chi connectivity index (χ2n) is 2.99. The van der Waals surface area contributed by atoms with Crippen LogP contribution in [0.1, 0.15) is 5.56 Å². The van der Waals surface area contributed by atoms with E-state index in [9.17, 15) is 5.11 Å². The summed E-state index contributed by atoms with van der Waals surface area (Å²) in [4.78, 5) is 3.98. The highest BCUT2D eigenvalue weighted by Crippen LogP contribution is 2.32. The fourth-order valence-corrected chi connectivity index (χ4v) is 1.51. The van der Waals surface area contributed by atoms with E-state index in [0.29, 0.717) is 22.2 Å². The largest absolute Gasteiger partial charge is 0.507 e. The number of ether oxygens (including phenoxy) is 1. The zero-order valence-corrected chi connectivity index (χ0v) is 8.06. The van der Waals surface area contributed by atoms with Crippen LogP contribution in [-0.4, -0.2) is 17.2 Å². The van der Waals surface area contributed by atoms with Gasteiger partial charge in [0, 0.05) is 17.0 Å². The van der Waals surface area contributed by atoms with Gasteiger partial charge >= 0.3 is 0 Å². The topological polar surface area (TPSA) is 66.1 Å². The first-order valence-electron chi connectivity index (χ1n) is 4.32. The molecular formula is C11H8N2O2. The summed E-state index contributed by atoms with van der Waals surface area (Å²) in [6, 6.07) is 6.95. The predicted octanol–water partition coefficient (Wildman–Crippen LogP) is 1.82. The van der Waals surface area contributed by atoms with Crippen LogP contribution in [0.2, 0.25) is 0 Å². The van der Waals surface area contributed by atoms with Crippen molar-refractivity contribution < 1.29 is 9.84 Å². The lowest BCUT2D eigenvalue weighted by Crippen LogP contribution is -1.91. The summed E-state index contributed by atoms with van der Waals surface area (Å²) in [5.74, 6) is 0.463. The molecule has 2 rings (SSSR count). The Bertz CT molecular complexity index is 558. The van der Waals surface area contributed by atoms with E-state index in [0.717, 1.165) is 0 Å². The first-order chi connectivity index (χ1) is 7.27. The molecule has 1 heterocycles. The highest BCUT2D eigenvalue weighted by Gasteiger charge is 2.10. The van der Waals surface area contributed by atoms with Crippen molar-refractivity contribution in [1.82, 2.24) is 4.98 Å². The van der Waals surface area contributed by atoms with Crippen LogP contribution in [-0.2, 0) is 0 Å². The first kappa shape index (κ1) is 9.28. The van der Waals surface area contributed by atoms with Gasteiger partial charge in [0.1, 0.15) is 11.8 Å². The molecule has 0 unspecified atom stereocenters. The molecule has 0 saturated heterocycles. The van der Waals surface area contributed by atoms with Crippen molar-refractivity contribution in [2.45, 2.75) is 0 Å². The molecule has 0 saturated carbocycles. The summed E-state index contributed by atoms with van der Waals surface area (Å²) in [5.41, 5.74) is 0.337. The molecule has 0 aliphatic carbocycles. The van der Waals surface area contributed by atoms with E-state index in [2.05, 4.69) is 4.98 Å². The van der Waals surface area contributed by atoms with E-state index in [4.69, 9.17) is 10.00 Å². The van der Waals surface area contributed by atoms with Gasteiger partial charge in [-0.2, -0.15) is 5.26 Å². The fourth-order valence-electron chi connectivity index (χ4n) is 1.51. The fraction of sp³-hybridized carbons (Fsp3) is 0.0909. The van der Waals surface area contributed by atoms with E-state index in [-0.39, 0.29) is 5.75 Å². The van der Waals surface area contributed by atoms with Crippen LogP contribution in [0.3, 0.4) is 0 Å². The first-order valence-corrected chi connectivity index (χ1v) is 4.32. The normalized spacial score (nSPS) is 9.87. The number of fused-ring (bicyclic) bond motifs is 1. The Hall–Kier alpha value is -2.28. The highest BCUT2D eigenvalue weighted by molar-refractivity contribution is 5.95. The lowest BCUT2D eigenvalue weighted by molar-refractivity contribution is 0.403. The van der Waals surface area contributed by atoms with Crippen molar-refractivity contribution in [3.63, 3.8) is 0 Å². The summed E-state index contributed by atoms with van der Waals surface area (Å²) >= 11 is 0. The molecular weight excluding hydrogens is 192 g/mol. The van der Waals surface area contributed by atoms with Crippen LogP contribution in [0.15, 0.2) is 24.4 Å². The van der Waals surface area contributed by atoms with Gasteiger partial charge in [-0.25, -0.2) is 4.98 Å². The average molecular weight is 200 g/mol. The van der Waals surface area contributed by atoms with E-state index in [1.54, 1.807) is 12.1 Å². The molecule has 0 atom stereocenters. The quantitative estimate of drug-likeness (QED) is 0.762. The van der Waals surface area contributed by atoms with Gasteiger partial charge in [0.25, 0.3) is 0 Å². The third-order valence-corrected chi connectivity index (χ3v) is 2.17. The maximum absolute atomic E-state index is 9.67. The second kappa shape index (κ2) is 3.46. The van der Waals surface area contributed by atoms with E-state index < -0.39 is 0 Å². The number of pyridine rings is 1. The summed E-state index contributed by atoms with van der Waals surface area (Å²) in [5, 5.41) is 19.7. The standard InChI is InChI=1S/C11H8N2O2/c1-15-11-8-3-2-4-9(14)10(8)7(5-12)6-13-11/h2-4,6,14H,1H3. The van der Waals surface area contributed by atoms with Gasteiger partial charge in [0.15, 0.2) is 0 Å². The molecule has 2 aromatic rings. The van der Waals surface area contributed by atoms with E-state index in [1.807, 2.05) is 6.07 Å². The van der Waals surface area contributed by atoms with Crippen LogP contribution in [0.5, 0.6) is 11.6 Å². The van der Waals surface area contributed by atoms with Gasteiger partial charge < -0.3 is 9.84 Å². The summed E-state index contributed by atoms with van der Waals surface area (Å²) in [7, 11) is 1.50. The van der Waals surface area contributed by atoms with Gasteiger partial charge in [0.2, 0.25) is 5.88 Å². The molecule has 1 aromatic heterocycles. The summed E-state index contributed by atoms with van der Waals surface area (Å²) in [6.07, 6.45) is 1.39. The Morgan fingerprint density at radius 3 is 2.93 bits per heavy atom. The van der Waals surface area contributed by atoms with Gasteiger partial charge in [-0.15, -0.1) is 0 Å². The zero-order chi connectivity index (χ0) is 10.8. The number of phenolic OH excluding ortho intramolecular Hbond substituents is 1. The molecule has 4 nitrogen and oxygen atoms in total. The third kappa shape index (κ3) is 1.34. The van der Waals surface area contributed by atoms with E-state index in [1.165, 1.54) is 19.4 Å². The number of benzene rings is 1. The van der Waals surface area contributed by atoms with Crippen molar-refractivity contribution in [2.75, 3.05) is 7.11 Å². The number of nitrogens with zero attached hydrogens (tertiary/aromatic N) is 2. The van der Waals surface area contributed by atoms with Gasteiger partial charge in [-0.1, -0.05) is 6.07 Å². The van der Waals surface area contributed by atoms with Crippen LogP contribution in [0.4, 0.5) is 0 Å². The monoisotopic (exact) mass is 200 g/mol. The Kier molecular flexibility index (Phi) is 2.14. The SMILES string of the molecule is COc1ncc(C#N)c2c(O)cccc12. The predicted molar refractivity (Wildman–Crippen MR) is 54.7 cm³/mol. The minimum absolute atomic E-state index is 0.0600. The summed E-state index contributed by atoms with van der Waals surface area (Å²) in [6.45, 7) is 0. The minimum Gasteiger partial charge on any atom is -0.507 e. The number of rotatable bonds is 1.